The first-order valence-electron chi connectivity index (χ1n) is 5.58. The third kappa shape index (κ3) is 1.83. The molecule has 0 saturated carbocycles. The Balaban J connectivity index is 2.51. The minimum atomic E-state index is 0.695. The normalized spacial score (nSPS) is 10.4. The number of rotatable bonds is 3. The molecule has 16 heavy (non-hydrogen) atoms. The van der Waals surface area contributed by atoms with Crippen molar-refractivity contribution in [1.82, 2.24) is 4.57 Å². The molecular formula is C14H17NO. The molecule has 1 heterocycles. The summed E-state index contributed by atoms with van der Waals surface area (Å²) in [6.45, 7) is 4.81. The Kier molecular flexibility index (Phi) is 3.00. The molecule has 0 saturated heterocycles. The van der Waals surface area contributed by atoms with Crippen molar-refractivity contribution in [1.29, 1.82) is 0 Å². The standard InChI is InChI=1S/C14H17NO/c1-4-16-14-8-6-5-7-12(14)13-10-9-11(2)15(13)3/h5-10H,4H2,1-3H3. The Morgan fingerprint density at radius 2 is 1.88 bits per heavy atom. The molecular weight excluding hydrogens is 198 g/mol. The van der Waals surface area contributed by atoms with Crippen LogP contribution < -0.4 is 4.74 Å². The Bertz CT molecular complexity index is 485. The molecule has 1 aromatic carbocycles. The van der Waals surface area contributed by atoms with Crippen molar-refractivity contribution in [3.05, 3.63) is 42.1 Å². The summed E-state index contributed by atoms with van der Waals surface area (Å²) < 4.78 is 7.82. The second kappa shape index (κ2) is 4.44. The van der Waals surface area contributed by atoms with Crippen LogP contribution in [0, 0.1) is 6.92 Å². The number of nitrogens with zero attached hydrogens (tertiary/aromatic N) is 1. The van der Waals surface area contributed by atoms with Crippen LogP contribution in [0.25, 0.3) is 11.3 Å². The minimum absolute atomic E-state index is 0.695. The van der Waals surface area contributed by atoms with Gasteiger partial charge in [-0.25, -0.2) is 0 Å². The highest BCUT2D eigenvalue weighted by atomic mass is 16.5. The number of aromatic nitrogens is 1. The number of hydrogen-bond donors (Lipinski definition) is 0. The van der Waals surface area contributed by atoms with Gasteiger partial charge in [-0.1, -0.05) is 12.1 Å². The molecule has 0 spiro atoms. The van der Waals surface area contributed by atoms with Crippen molar-refractivity contribution in [2.45, 2.75) is 13.8 Å². The van der Waals surface area contributed by atoms with Gasteiger partial charge in [0.2, 0.25) is 0 Å². The topological polar surface area (TPSA) is 14.2 Å². The summed E-state index contributed by atoms with van der Waals surface area (Å²) in [5.41, 5.74) is 3.60. The van der Waals surface area contributed by atoms with E-state index in [1.165, 1.54) is 11.4 Å². The molecule has 0 amide bonds. The number of para-hydroxylation sites is 1. The monoisotopic (exact) mass is 215 g/mol. The summed E-state index contributed by atoms with van der Waals surface area (Å²) in [6, 6.07) is 12.4. The van der Waals surface area contributed by atoms with E-state index in [0.29, 0.717) is 6.61 Å². The molecule has 2 rings (SSSR count). The third-order valence-corrected chi connectivity index (χ3v) is 2.84. The third-order valence-electron chi connectivity index (χ3n) is 2.84. The molecule has 0 bridgehead atoms. The van der Waals surface area contributed by atoms with E-state index in [9.17, 15) is 0 Å². The summed E-state index contributed by atoms with van der Waals surface area (Å²) in [6.07, 6.45) is 0. The second-order valence-corrected chi connectivity index (χ2v) is 3.85. The zero-order chi connectivity index (χ0) is 11.5. The van der Waals surface area contributed by atoms with Crippen LogP contribution >= 0.6 is 0 Å². The van der Waals surface area contributed by atoms with Gasteiger partial charge in [0, 0.05) is 18.3 Å². The van der Waals surface area contributed by atoms with Crippen molar-refractivity contribution >= 4 is 0 Å². The maximum absolute atomic E-state index is 5.64. The highest BCUT2D eigenvalue weighted by Gasteiger charge is 2.09. The Morgan fingerprint density at radius 3 is 2.50 bits per heavy atom. The van der Waals surface area contributed by atoms with E-state index in [-0.39, 0.29) is 0 Å². The maximum atomic E-state index is 5.64. The van der Waals surface area contributed by atoms with Gasteiger partial charge in [0.05, 0.1) is 12.3 Å². The predicted molar refractivity (Wildman–Crippen MR) is 66.8 cm³/mol. The average Bonchev–Trinajstić information content (AvgIpc) is 2.61. The van der Waals surface area contributed by atoms with Crippen molar-refractivity contribution < 1.29 is 4.74 Å². The number of aryl methyl sites for hydroxylation is 1. The van der Waals surface area contributed by atoms with E-state index < -0.39 is 0 Å². The molecule has 0 aliphatic rings. The van der Waals surface area contributed by atoms with Crippen LogP contribution in [0.4, 0.5) is 0 Å². The SMILES string of the molecule is CCOc1ccccc1-c1ccc(C)n1C. The van der Waals surface area contributed by atoms with Crippen LogP contribution in [0.5, 0.6) is 5.75 Å². The van der Waals surface area contributed by atoms with Crippen LogP contribution in [0.1, 0.15) is 12.6 Å². The summed E-state index contributed by atoms with van der Waals surface area (Å²) in [5.74, 6) is 0.950. The van der Waals surface area contributed by atoms with Crippen LogP contribution in [0.15, 0.2) is 36.4 Å². The van der Waals surface area contributed by atoms with Gasteiger partial charge in [0.15, 0.2) is 0 Å². The lowest BCUT2D eigenvalue weighted by Crippen LogP contribution is -1.98. The molecule has 0 fully saturated rings. The Hall–Kier alpha value is -1.70. The smallest absolute Gasteiger partial charge is 0.128 e. The Morgan fingerprint density at radius 1 is 1.12 bits per heavy atom. The van der Waals surface area contributed by atoms with Gasteiger partial charge in [-0.15, -0.1) is 0 Å². The van der Waals surface area contributed by atoms with E-state index >= 15 is 0 Å². The van der Waals surface area contributed by atoms with E-state index in [4.69, 9.17) is 4.74 Å². The van der Waals surface area contributed by atoms with E-state index in [1.807, 2.05) is 25.1 Å². The molecule has 0 radical (unpaired) electrons. The predicted octanol–water partition coefficient (Wildman–Crippen LogP) is 3.40. The summed E-state index contributed by atoms with van der Waals surface area (Å²) in [5, 5.41) is 0. The lowest BCUT2D eigenvalue weighted by atomic mass is 10.1. The average molecular weight is 215 g/mol. The van der Waals surface area contributed by atoms with Crippen molar-refractivity contribution in [2.75, 3.05) is 6.61 Å². The van der Waals surface area contributed by atoms with Crippen LogP contribution in [0.2, 0.25) is 0 Å². The molecule has 1 aromatic heterocycles. The fourth-order valence-electron chi connectivity index (χ4n) is 1.84. The molecule has 0 unspecified atom stereocenters. The fraction of sp³-hybridized carbons (Fsp3) is 0.286. The van der Waals surface area contributed by atoms with E-state index in [0.717, 1.165) is 11.3 Å². The molecule has 2 heteroatoms. The molecule has 2 aromatic rings. The summed E-state index contributed by atoms with van der Waals surface area (Å²) in [4.78, 5) is 0. The first-order valence-corrected chi connectivity index (χ1v) is 5.58. The van der Waals surface area contributed by atoms with Crippen molar-refractivity contribution in [3.8, 4) is 17.0 Å². The van der Waals surface area contributed by atoms with Gasteiger partial charge < -0.3 is 9.30 Å². The number of hydrogen-bond acceptors (Lipinski definition) is 1. The molecule has 0 N–H and O–H groups in total. The summed E-state index contributed by atoms with van der Waals surface area (Å²) in [7, 11) is 2.08. The van der Waals surface area contributed by atoms with Gasteiger partial charge >= 0.3 is 0 Å². The zero-order valence-corrected chi connectivity index (χ0v) is 10.0. The highest BCUT2D eigenvalue weighted by molar-refractivity contribution is 5.68. The Labute approximate surface area is 96.5 Å². The maximum Gasteiger partial charge on any atom is 0.128 e. The van der Waals surface area contributed by atoms with E-state index in [1.54, 1.807) is 0 Å². The van der Waals surface area contributed by atoms with Gasteiger partial charge in [0.25, 0.3) is 0 Å². The molecule has 84 valence electrons. The van der Waals surface area contributed by atoms with Gasteiger partial charge in [-0.3, -0.25) is 0 Å². The van der Waals surface area contributed by atoms with Crippen LogP contribution in [-0.2, 0) is 7.05 Å². The second-order valence-electron chi connectivity index (χ2n) is 3.85. The lowest BCUT2D eigenvalue weighted by Gasteiger charge is -2.11. The zero-order valence-electron chi connectivity index (χ0n) is 10.0. The van der Waals surface area contributed by atoms with Gasteiger partial charge in [-0.2, -0.15) is 0 Å². The first-order chi connectivity index (χ1) is 7.74. The first kappa shape index (κ1) is 10.8. The lowest BCUT2D eigenvalue weighted by molar-refractivity contribution is 0.341. The molecule has 0 aliphatic carbocycles. The van der Waals surface area contributed by atoms with Gasteiger partial charge in [0.1, 0.15) is 5.75 Å². The summed E-state index contributed by atoms with van der Waals surface area (Å²) >= 11 is 0. The van der Waals surface area contributed by atoms with Crippen molar-refractivity contribution in [2.24, 2.45) is 7.05 Å². The van der Waals surface area contributed by atoms with Crippen LogP contribution in [-0.4, -0.2) is 11.2 Å². The quantitative estimate of drug-likeness (QED) is 0.765. The number of ether oxygens (including phenoxy) is 1. The minimum Gasteiger partial charge on any atom is -0.493 e. The van der Waals surface area contributed by atoms with E-state index in [2.05, 4.69) is 36.7 Å². The van der Waals surface area contributed by atoms with Crippen LogP contribution in [0.3, 0.4) is 0 Å². The molecule has 0 aliphatic heterocycles. The number of benzene rings is 1. The van der Waals surface area contributed by atoms with Crippen molar-refractivity contribution in [3.63, 3.8) is 0 Å². The molecule has 2 nitrogen and oxygen atoms in total. The highest BCUT2D eigenvalue weighted by Crippen LogP contribution is 2.30. The van der Waals surface area contributed by atoms with Gasteiger partial charge in [-0.05, 0) is 38.1 Å². The fourth-order valence-corrected chi connectivity index (χ4v) is 1.84. The molecule has 0 atom stereocenters. The largest absolute Gasteiger partial charge is 0.493 e.